The second-order valence-electron chi connectivity index (χ2n) is 3.74. The van der Waals surface area contributed by atoms with Crippen molar-refractivity contribution in [1.82, 2.24) is 10.2 Å². The van der Waals surface area contributed by atoms with E-state index in [0.29, 0.717) is 5.92 Å². The van der Waals surface area contributed by atoms with Gasteiger partial charge in [-0.2, -0.15) is 5.10 Å². The van der Waals surface area contributed by atoms with E-state index in [4.69, 9.17) is 5.11 Å². The SMILES string of the molecule is O=C(O)c1cc(CC2C=C(Br)C=CC2)[nH]n1. The Labute approximate surface area is 101 Å². The summed E-state index contributed by atoms with van der Waals surface area (Å²) in [4.78, 5) is 10.6. The van der Waals surface area contributed by atoms with Crippen LogP contribution >= 0.6 is 15.9 Å². The number of aromatic nitrogens is 2. The molecule has 1 heterocycles. The monoisotopic (exact) mass is 282 g/mol. The van der Waals surface area contributed by atoms with Crippen molar-refractivity contribution < 1.29 is 9.90 Å². The van der Waals surface area contributed by atoms with Crippen LogP contribution in [0.5, 0.6) is 0 Å². The zero-order valence-corrected chi connectivity index (χ0v) is 10.1. The summed E-state index contributed by atoms with van der Waals surface area (Å²) < 4.78 is 1.07. The Hall–Kier alpha value is -1.36. The molecule has 0 saturated carbocycles. The van der Waals surface area contributed by atoms with Crippen molar-refractivity contribution in [2.24, 2.45) is 5.92 Å². The van der Waals surface area contributed by atoms with Crippen LogP contribution in [0.4, 0.5) is 0 Å². The normalized spacial score (nSPS) is 19.6. The van der Waals surface area contributed by atoms with Gasteiger partial charge < -0.3 is 5.11 Å². The molecule has 1 atom stereocenters. The Kier molecular flexibility index (Phi) is 3.24. The largest absolute Gasteiger partial charge is 0.476 e. The van der Waals surface area contributed by atoms with Gasteiger partial charge in [-0.3, -0.25) is 5.10 Å². The third-order valence-corrected chi connectivity index (χ3v) is 2.97. The molecule has 16 heavy (non-hydrogen) atoms. The van der Waals surface area contributed by atoms with Crippen LogP contribution in [0.15, 0.2) is 28.8 Å². The number of rotatable bonds is 3. The second-order valence-corrected chi connectivity index (χ2v) is 4.65. The summed E-state index contributed by atoms with van der Waals surface area (Å²) in [5.74, 6) is -0.607. The maximum Gasteiger partial charge on any atom is 0.356 e. The third kappa shape index (κ3) is 2.61. The van der Waals surface area contributed by atoms with E-state index in [1.54, 1.807) is 6.07 Å². The first kappa shape index (κ1) is 11.1. The van der Waals surface area contributed by atoms with Gasteiger partial charge >= 0.3 is 5.97 Å². The molecule has 0 aliphatic heterocycles. The number of H-pyrrole nitrogens is 1. The van der Waals surface area contributed by atoms with E-state index in [1.807, 2.05) is 6.08 Å². The Balaban J connectivity index is 2.04. The molecule has 1 aliphatic rings. The maximum atomic E-state index is 10.6. The molecule has 4 nitrogen and oxygen atoms in total. The van der Waals surface area contributed by atoms with Crippen molar-refractivity contribution in [3.63, 3.8) is 0 Å². The molecule has 1 aliphatic carbocycles. The summed E-state index contributed by atoms with van der Waals surface area (Å²) in [6.07, 6.45) is 7.99. The average Bonchev–Trinajstić information content (AvgIpc) is 2.66. The highest BCUT2D eigenvalue weighted by Gasteiger charge is 2.13. The van der Waals surface area contributed by atoms with Gasteiger partial charge in [0, 0.05) is 10.2 Å². The number of nitrogens with one attached hydrogen (secondary N) is 1. The van der Waals surface area contributed by atoms with Crippen LogP contribution in [0.1, 0.15) is 22.6 Å². The standard InChI is InChI=1S/C11H11BrN2O2/c12-8-3-1-2-7(4-8)5-9-6-10(11(15)16)14-13-9/h1,3-4,6-7H,2,5H2,(H,13,14)(H,15,16). The van der Waals surface area contributed by atoms with E-state index >= 15 is 0 Å². The Morgan fingerprint density at radius 2 is 2.50 bits per heavy atom. The minimum atomic E-state index is -0.997. The molecular weight excluding hydrogens is 272 g/mol. The molecule has 1 unspecified atom stereocenters. The van der Waals surface area contributed by atoms with E-state index < -0.39 is 5.97 Å². The summed E-state index contributed by atoms with van der Waals surface area (Å²) >= 11 is 3.42. The molecule has 5 heteroatoms. The van der Waals surface area contributed by atoms with Crippen molar-refractivity contribution in [3.8, 4) is 0 Å². The Morgan fingerprint density at radius 3 is 3.12 bits per heavy atom. The number of hydrogen-bond donors (Lipinski definition) is 2. The van der Waals surface area contributed by atoms with Gasteiger partial charge in [0.2, 0.25) is 0 Å². The number of allylic oxidation sites excluding steroid dienone is 4. The lowest BCUT2D eigenvalue weighted by Gasteiger charge is -2.12. The molecule has 0 saturated heterocycles. The van der Waals surface area contributed by atoms with Gasteiger partial charge in [-0.1, -0.05) is 34.2 Å². The highest BCUT2D eigenvalue weighted by atomic mass is 79.9. The minimum Gasteiger partial charge on any atom is -0.476 e. The van der Waals surface area contributed by atoms with E-state index in [-0.39, 0.29) is 5.69 Å². The van der Waals surface area contributed by atoms with Gasteiger partial charge in [-0.15, -0.1) is 0 Å². The summed E-state index contributed by atoms with van der Waals surface area (Å²) in [6, 6.07) is 1.59. The van der Waals surface area contributed by atoms with Gasteiger partial charge in [0.05, 0.1) is 0 Å². The molecule has 1 aromatic heterocycles. The predicted molar refractivity (Wildman–Crippen MR) is 63.5 cm³/mol. The van der Waals surface area contributed by atoms with E-state index in [9.17, 15) is 4.79 Å². The summed E-state index contributed by atoms with van der Waals surface area (Å²) in [7, 11) is 0. The number of aromatic amines is 1. The molecule has 0 spiro atoms. The maximum absolute atomic E-state index is 10.6. The van der Waals surface area contributed by atoms with Crippen molar-refractivity contribution in [1.29, 1.82) is 0 Å². The zero-order valence-electron chi connectivity index (χ0n) is 8.48. The van der Waals surface area contributed by atoms with E-state index in [2.05, 4.69) is 38.3 Å². The van der Waals surface area contributed by atoms with Crippen LogP contribution in [0.3, 0.4) is 0 Å². The molecule has 2 rings (SSSR count). The van der Waals surface area contributed by atoms with Crippen molar-refractivity contribution in [2.75, 3.05) is 0 Å². The molecule has 2 N–H and O–H groups in total. The number of carbonyl (C=O) groups is 1. The Morgan fingerprint density at radius 1 is 1.69 bits per heavy atom. The summed E-state index contributed by atoms with van der Waals surface area (Å²) in [6.45, 7) is 0. The topological polar surface area (TPSA) is 66.0 Å². The van der Waals surface area contributed by atoms with Crippen LogP contribution in [-0.2, 0) is 6.42 Å². The number of halogens is 1. The second kappa shape index (κ2) is 4.65. The molecular formula is C11H11BrN2O2. The summed E-state index contributed by atoms with van der Waals surface area (Å²) in [5.41, 5.74) is 0.929. The van der Waals surface area contributed by atoms with Crippen LogP contribution in [-0.4, -0.2) is 21.3 Å². The van der Waals surface area contributed by atoms with Gasteiger partial charge in [0.25, 0.3) is 0 Å². The number of aromatic carboxylic acids is 1. The number of carboxylic acids is 1. The zero-order chi connectivity index (χ0) is 11.5. The smallest absolute Gasteiger partial charge is 0.356 e. The van der Waals surface area contributed by atoms with Gasteiger partial charge in [-0.25, -0.2) is 4.79 Å². The molecule has 0 radical (unpaired) electrons. The first-order valence-corrected chi connectivity index (χ1v) is 5.76. The highest BCUT2D eigenvalue weighted by molar-refractivity contribution is 9.11. The fourth-order valence-corrected chi connectivity index (χ4v) is 2.27. The number of hydrogen-bond acceptors (Lipinski definition) is 2. The van der Waals surface area contributed by atoms with Crippen LogP contribution < -0.4 is 0 Å². The molecule has 0 aromatic carbocycles. The van der Waals surface area contributed by atoms with Crippen molar-refractivity contribution in [3.05, 3.63) is 40.2 Å². The Bertz CT molecular complexity index is 462. The molecule has 0 amide bonds. The quantitative estimate of drug-likeness (QED) is 0.895. The molecule has 0 bridgehead atoms. The third-order valence-electron chi connectivity index (χ3n) is 2.44. The predicted octanol–water partition coefficient (Wildman–Crippen LogP) is 2.51. The number of nitrogens with zero attached hydrogens (tertiary/aromatic N) is 1. The minimum absolute atomic E-state index is 0.0735. The van der Waals surface area contributed by atoms with Crippen LogP contribution in [0, 0.1) is 5.92 Å². The lowest BCUT2D eigenvalue weighted by atomic mass is 9.96. The van der Waals surface area contributed by atoms with Crippen LogP contribution in [0.25, 0.3) is 0 Å². The lowest BCUT2D eigenvalue weighted by Crippen LogP contribution is -2.03. The molecule has 0 fully saturated rings. The summed E-state index contributed by atoms with van der Waals surface area (Å²) in [5, 5.41) is 15.2. The molecule has 1 aromatic rings. The van der Waals surface area contributed by atoms with Gasteiger partial charge in [0.1, 0.15) is 0 Å². The van der Waals surface area contributed by atoms with Crippen LogP contribution in [0.2, 0.25) is 0 Å². The first-order chi connectivity index (χ1) is 7.65. The first-order valence-electron chi connectivity index (χ1n) is 4.96. The average molecular weight is 283 g/mol. The van der Waals surface area contributed by atoms with Gasteiger partial charge in [0.15, 0.2) is 5.69 Å². The van der Waals surface area contributed by atoms with Crippen molar-refractivity contribution >= 4 is 21.9 Å². The lowest BCUT2D eigenvalue weighted by molar-refractivity contribution is 0.0690. The van der Waals surface area contributed by atoms with Gasteiger partial charge in [-0.05, 0) is 24.8 Å². The van der Waals surface area contributed by atoms with Crippen molar-refractivity contribution in [2.45, 2.75) is 12.8 Å². The highest BCUT2D eigenvalue weighted by Crippen LogP contribution is 2.23. The van der Waals surface area contributed by atoms with E-state index in [0.717, 1.165) is 23.0 Å². The fourth-order valence-electron chi connectivity index (χ4n) is 1.70. The number of carboxylic acid groups (broad SMARTS) is 1. The molecule has 84 valence electrons. The fraction of sp³-hybridized carbons (Fsp3) is 0.273. The van der Waals surface area contributed by atoms with E-state index in [1.165, 1.54) is 0 Å².